The molecule has 0 aliphatic rings. The van der Waals surface area contributed by atoms with Gasteiger partial charge in [0.1, 0.15) is 5.75 Å². The molecule has 0 N–H and O–H groups in total. The molecule has 1 rings (SSSR count). The van der Waals surface area contributed by atoms with Crippen LogP contribution in [0.5, 0.6) is 5.75 Å². The van der Waals surface area contributed by atoms with Gasteiger partial charge in [-0.2, -0.15) is 0 Å². The summed E-state index contributed by atoms with van der Waals surface area (Å²) in [6.45, 7) is 3.32. The molecule has 7 heteroatoms. The quantitative estimate of drug-likeness (QED) is 0.0888. The van der Waals surface area contributed by atoms with Crippen LogP contribution in [0.3, 0.4) is 0 Å². The summed E-state index contributed by atoms with van der Waals surface area (Å²) >= 11 is 17.5. The topological polar surface area (TPSA) is 35.5 Å². The van der Waals surface area contributed by atoms with Crippen LogP contribution in [0.4, 0.5) is 0 Å². The Bertz CT molecular complexity index is 571. The fourth-order valence-electron chi connectivity index (χ4n) is 2.53. The minimum Gasteiger partial charge on any atom is -0.494 e. The highest BCUT2D eigenvalue weighted by atomic mass is 35.8. The number of unbranched alkanes of at least 4 members (excludes halogenated alkanes) is 6. The summed E-state index contributed by atoms with van der Waals surface area (Å²) in [7, 11) is 0. The van der Waals surface area contributed by atoms with Gasteiger partial charge in [-0.15, -0.1) is 33.2 Å². The first kappa shape index (κ1) is 25.4. The number of hydrogen-bond donors (Lipinski definition) is 0. The summed E-state index contributed by atoms with van der Waals surface area (Å²) in [5.41, 5.74) is 0.942. The Morgan fingerprint density at radius 1 is 0.929 bits per heavy atom. The average Bonchev–Trinajstić information content (AvgIpc) is 2.65. The molecular weight excluding hydrogens is 435 g/mol. The Morgan fingerprint density at radius 2 is 1.57 bits per heavy atom. The zero-order valence-corrected chi connectivity index (χ0v) is 19.9. The standard InChI is InChI=1S/C21H31Cl3O3Si/c1-2-3-16-26-20-13-10-19(11-14-20)12-15-21(25)27-17-8-6-4-5-7-9-18-28(22,23)24/h10-15H,2-9,16-18H2,1H3/b15-12+. The number of ether oxygens (including phenoxy) is 2. The van der Waals surface area contributed by atoms with E-state index in [1.54, 1.807) is 6.08 Å². The van der Waals surface area contributed by atoms with Crippen molar-refractivity contribution in [2.45, 2.75) is 64.3 Å². The number of carbonyl (C=O) groups excluding carboxylic acids is 1. The molecule has 0 aliphatic heterocycles. The molecule has 0 radical (unpaired) electrons. The predicted molar refractivity (Wildman–Crippen MR) is 123 cm³/mol. The van der Waals surface area contributed by atoms with Gasteiger partial charge in [-0.25, -0.2) is 4.79 Å². The van der Waals surface area contributed by atoms with Crippen molar-refractivity contribution < 1.29 is 14.3 Å². The molecular formula is C21H31Cl3O3Si. The fraction of sp³-hybridized carbons (Fsp3) is 0.571. The second-order valence-electron chi connectivity index (χ2n) is 6.76. The van der Waals surface area contributed by atoms with E-state index in [4.69, 9.17) is 42.7 Å². The summed E-state index contributed by atoms with van der Waals surface area (Å²) in [6.07, 6.45) is 11.6. The molecule has 3 nitrogen and oxygen atoms in total. The van der Waals surface area contributed by atoms with Crippen LogP contribution in [0.25, 0.3) is 6.08 Å². The van der Waals surface area contributed by atoms with E-state index in [1.807, 2.05) is 24.3 Å². The van der Waals surface area contributed by atoms with Crippen molar-refractivity contribution in [3.8, 4) is 5.75 Å². The monoisotopic (exact) mass is 464 g/mol. The molecule has 0 bridgehead atoms. The number of benzene rings is 1. The summed E-state index contributed by atoms with van der Waals surface area (Å²) in [5.74, 6) is 0.540. The number of rotatable bonds is 15. The Labute approximate surface area is 184 Å². The van der Waals surface area contributed by atoms with Gasteiger partial charge in [-0.05, 0) is 42.7 Å². The Balaban J connectivity index is 2.08. The number of carbonyl (C=O) groups is 1. The highest BCUT2D eigenvalue weighted by molar-refractivity contribution is 7.64. The van der Waals surface area contributed by atoms with Gasteiger partial charge in [0.15, 0.2) is 0 Å². The molecule has 0 aromatic heterocycles. The zero-order valence-electron chi connectivity index (χ0n) is 16.6. The van der Waals surface area contributed by atoms with Gasteiger partial charge >= 0.3 is 12.0 Å². The van der Waals surface area contributed by atoms with E-state index in [0.717, 1.165) is 75.3 Å². The Morgan fingerprint density at radius 3 is 2.21 bits per heavy atom. The second-order valence-corrected chi connectivity index (χ2v) is 16.0. The van der Waals surface area contributed by atoms with E-state index in [1.165, 1.54) is 6.08 Å². The van der Waals surface area contributed by atoms with E-state index in [2.05, 4.69) is 6.92 Å². The highest BCUT2D eigenvalue weighted by Crippen LogP contribution is 2.27. The molecule has 0 saturated carbocycles. The third kappa shape index (κ3) is 14.3. The predicted octanol–water partition coefficient (Wildman–Crippen LogP) is 7.42. The molecule has 158 valence electrons. The van der Waals surface area contributed by atoms with E-state index >= 15 is 0 Å². The SMILES string of the molecule is CCCCOc1ccc(/C=C/C(=O)OCCCCCCCC[Si](Cl)(Cl)Cl)cc1. The molecule has 0 spiro atoms. The van der Waals surface area contributed by atoms with Gasteiger partial charge < -0.3 is 9.47 Å². The van der Waals surface area contributed by atoms with Gasteiger partial charge in [-0.1, -0.05) is 57.6 Å². The molecule has 0 unspecified atom stereocenters. The molecule has 0 saturated heterocycles. The minimum atomic E-state index is -2.45. The number of hydrogen-bond acceptors (Lipinski definition) is 3. The maximum Gasteiger partial charge on any atom is 0.341 e. The first-order valence-corrected chi connectivity index (χ1v) is 15.3. The van der Waals surface area contributed by atoms with Crippen LogP contribution >= 0.6 is 33.2 Å². The van der Waals surface area contributed by atoms with Crippen LogP contribution in [-0.4, -0.2) is 25.2 Å². The van der Waals surface area contributed by atoms with E-state index in [-0.39, 0.29) is 5.97 Å². The average molecular weight is 466 g/mol. The van der Waals surface area contributed by atoms with Crippen LogP contribution in [-0.2, 0) is 9.53 Å². The van der Waals surface area contributed by atoms with Gasteiger partial charge in [0.2, 0.25) is 0 Å². The van der Waals surface area contributed by atoms with E-state index < -0.39 is 6.00 Å². The van der Waals surface area contributed by atoms with Crippen LogP contribution in [0.1, 0.15) is 63.9 Å². The molecule has 0 aliphatic carbocycles. The lowest BCUT2D eigenvalue weighted by Crippen LogP contribution is -2.07. The largest absolute Gasteiger partial charge is 0.494 e. The maximum absolute atomic E-state index is 11.8. The van der Waals surface area contributed by atoms with E-state index in [9.17, 15) is 4.79 Å². The van der Waals surface area contributed by atoms with Crippen molar-refractivity contribution in [2.24, 2.45) is 0 Å². The first-order chi connectivity index (χ1) is 13.4. The molecule has 0 fully saturated rings. The third-order valence-corrected chi connectivity index (χ3v) is 6.78. The molecule has 1 aromatic carbocycles. The zero-order chi connectivity index (χ0) is 20.7. The minimum absolute atomic E-state index is 0.309. The molecule has 0 heterocycles. The summed E-state index contributed by atoms with van der Waals surface area (Å²) < 4.78 is 10.8. The number of esters is 1. The lowest BCUT2D eigenvalue weighted by molar-refractivity contribution is -0.137. The smallest absolute Gasteiger partial charge is 0.341 e. The van der Waals surface area contributed by atoms with Crippen LogP contribution in [0.15, 0.2) is 30.3 Å². The van der Waals surface area contributed by atoms with Gasteiger partial charge in [0.25, 0.3) is 0 Å². The normalized spacial score (nSPS) is 11.7. The van der Waals surface area contributed by atoms with E-state index in [0.29, 0.717) is 6.61 Å². The lowest BCUT2D eigenvalue weighted by Gasteiger charge is -2.07. The van der Waals surface area contributed by atoms with Crippen LogP contribution in [0, 0.1) is 0 Å². The lowest BCUT2D eigenvalue weighted by atomic mass is 10.1. The van der Waals surface area contributed by atoms with Gasteiger partial charge in [0, 0.05) is 6.08 Å². The van der Waals surface area contributed by atoms with Crippen molar-refractivity contribution in [1.82, 2.24) is 0 Å². The summed E-state index contributed by atoms with van der Waals surface area (Å²) in [4.78, 5) is 11.8. The maximum atomic E-state index is 11.8. The van der Waals surface area contributed by atoms with Gasteiger partial charge in [0.05, 0.1) is 13.2 Å². The third-order valence-electron chi connectivity index (χ3n) is 4.16. The Hall–Kier alpha value is -0.683. The van der Waals surface area contributed by atoms with Crippen LogP contribution in [0.2, 0.25) is 6.04 Å². The van der Waals surface area contributed by atoms with Crippen LogP contribution < -0.4 is 4.74 Å². The first-order valence-electron chi connectivity index (χ1n) is 10.0. The fourth-order valence-corrected chi connectivity index (χ4v) is 4.38. The van der Waals surface area contributed by atoms with Gasteiger partial charge in [-0.3, -0.25) is 0 Å². The van der Waals surface area contributed by atoms with Crippen molar-refractivity contribution in [2.75, 3.05) is 13.2 Å². The number of halogens is 3. The highest BCUT2D eigenvalue weighted by Gasteiger charge is 2.23. The second kappa shape index (κ2) is 15.2. The summed E-state index contributed by atoms with van der Waals surface area (Å²) in [6, 6.07) is 5.96. The van der Waals surface area contributed by atoms with Crippen molar-refractivity contribution in [3.05, 3.63) is 35.9 Å². The van der Waals surface area contributed by atoms with Crippen molar-refractivity contribution in [1.29, 1.82) is 0 Å². The molecule has 0 atom stereocenters. The summed E-state index contributed by atoms with van der Waals surface area (Å²) in [5, 5.41) is 0. The molecule has 1 aromatic rings. The van der Waals surface area contributed by atoms with Crippen molar-refractivity contribution >= 4 is 51.3 Å². The Kier molecular flexibility index (Phi) is 13.8. The van der Waals surface area contributed by atoms with Crippen molar-refractivity contribution in [3.63, 3.8) is 0 Å². The molecule has 0 amide bonds. The molecule has 28 heavy (non-hydrogen) atoms.